The Morgan fingerprint density at radius 1 is 1.08 bits per heavy atom. The van der Waals surface area contributed by atoms with Crippen molar-refractivity contribution < 1.29 is 14.3 Å². The van der Waals surface area contributed by atoms with Crippen molar-refractivity contribution in [2.45, 2.75) is 70.7 Å². The summed E-state index contributed by atoms with van der Waals surface area (Å²) in [6.45, 7) is 7.18. The summed E-state index contributed by atoms with van der Waals surface area (Å²) in [7, 11) is 1.64. The van der Waals surface area contributed by atoms with Gasteiger partial charge in [-0.25, -0.2) is 9.78 Å². The van der Waals surface area contributed by atoms with Crippen LogP contribution in [0.4, 0.5) is 27.9 Å². The summed E-state index contributed by atoms with van der Waals surface area (Å²) < 4.78 is 12.3. The number of benzene rings is 2. The Balaban J connectivity index is 1.27. The van der Waals surface area contributed by atoms with Gasteiger partial charge in [-0.05, 0) is 76.3 Å². The van der Waals surface area contributed by atoms with Crippen LogP contribution in [0.1, 0.15) is 63.3 Å². The number of imidazole rings is 1. The number of fused-ring (bicyclic) bond motifs is 1. The molecule has 0 atom stereocenters. The second-order valence-electron chi connectivity index (χ2n) is 13.0. The maximum Gasteiger partial charge on any atom is 0.410 e. The summed E-state index contributed by atoms with van der Waals surface area (Å²) in [6.07, 6.45) is 4.53. The monoisotopic (exact) mass is 668 g/mol. The molecule has 248 valence electrons. The first-order chi connectivity index (χ1) is 23.0. The van der Waals surface area contributed by atoms with E-state index in [1.165, 1.54) is 10.7 Å². The molecule has 6 rings (SSSR count). The zero-order valence-corrected chi connectivity index (χ0v) is 28.1. The van der Waals surface area contributed by atoms with Crippen molar-refractivity contribution in [1.82, 2.24) is 24.5 Å². The number of methoxy groups -OCH3 is 1. The number of rotatable bonds is 9. The Bertz CT molecular complexity index is 1900. The molecule has 0 radical (unpaired) electrons. The molecule has 1 saturated heterocycles. The number of carbonyl (C=O) groups excluding carboxylic acids is 1. The molecule has 4 aromatic rings. The number of piperidine rings is 1. The van der Waals surface area contributed by atoms with Crippen molar-refractivity contribution >= 4 is 46.5 Å². The van der Waals surface area contributed by atoms with E-state index < -0.39 is 5.60 Å². The van der Waals surface area contributed by atoms with Crippen molar-refractivity contribution in [3.8, 4) is 17.9 Å². The summed E-state index contributed by atoms with van der Waals surface area (Å²) in [5.74, 6) is 1.55. The van der Waals surface area contributed by atoms with E-state index in [-0.39, 0.29) is 29.8 Å². The maximum absolute atomic E-state index is 12.5. The van der Waals surface area contributed by atoms with Gasteiger partial charge in [0, 0.05) is 31.7 Å². The van der Waals surface area contributed by atoms with Gasteiger partial charge in [0.15, 0.2) is 17.2 Å². The van der Waals surface area contributed by atoms with Crippen molar-refractivity contribution in [3.05, 3.63) is 64.4 Å². The number of likely N-dealkylation sites (tertiary alicyclic amines) is 1. The van der Waals surface area contributed by atoms with Gasteiger partial charge in [0.25, 0.3) is 0 Å². The lowest BCUT2D eigenvalue weighted by molar-refractivity contribution is 0.0210. The van der Waals surface area contributed by atoms with E-state index in [1.54, 1.807) is 24.1 Å². The Labute approximate surface area is 284 Å². The van der Waals surface area contributed by atoms with E-state index in [9.17, 15) is 15.3 Å². The van der Waals surface area contributed by atoms with E-state index in [4.69, 9.17) is 26.1 Å². The molecule has 13 nitrogen and oxygen atoms in total. The van der Waals surface area contributed by atoms with Crippen LogP contribution < -0.4 is 20.3 Å². The number of nitrogens with one attached hydrogen (secondary N) is 2. The highest BCUT2D eigenvalue weighted by molar-refractivity contribution is 6.36. The molecule has 0 unspecified atom stereocenters. The van der Waals surface area contributed by atoms with E-state index in [0.29, 0.717) is 65.9 Å². The third kappa shape index (κ3) is 7.32. The number of nitriles is 2. The van der Waals surface area contributed by atoms with Gasteiger partial charge in [0.2, 0.25) is 5.95 Å². The van der Waals surface area contributed by atoms with Gasteiger partial charge in [0.1, 0.15) is 17.4 Å². The number of ether oxygens (including phenoxy) is 2. The molecular formula is C34H37ClN10O3. The molecule has 1 aliphatic heterocycles. The lowest BCUT2D eigenvalue weighted by Crippen LogP contribution is -2.44. The maximum atomic E-state index is 12.5. The molecule has 2 N–H and O–H groups in total. The van der Waals surface area contributed by atoms with Crippen LogP contribution in [-0.2, 0) is 11.3 Å². The van der Waals surface area contributed by atoms with Crippen LogP contribution in [0.3, 0.4) is 0 Å². The smallest absolute Gasteiger partial charge is 0.410 e. The molecule has 14 heteroatoms. The molecule has 1 amide bonds. The number of amides is 1. The molecule has 0 bridgehead atoms. The topological polar surface area (TPSA) is 157 Å². The number of hydrogen-bond donors (Lipinski definition) is 2. The number of nitrogens with zero attached hydrogens (tertiary/aromatic N) is 8. The van der Waals surface area contributed by atoms with Crippen LogP contribution in [0.25, 0.3) is 5.65 Å². The molecule has 48 heavy (non-hydrogen) atoms. The fourth-order valence-electron chi connectivity index (χ4n) is 5.64. The van der Waals surface area contributed by atoms with Crippen LogP contribution in [-0.4, -0.2) is 68.5 Å². The average molecular weight is 669 g/mol. The van der Waals surface area contributed by atoms with Crippen LogP contribution >= 0.6 is 11.6 Å². The molecule has 0 spiro atoms. The Hall–Kier alpha value is -5.27. The lowest BCUT2D eigenvalue weighted by Gasteiger charge is -2.34. The van der Waals surface area contributed by atoms with Gasteiger partial charge in [-0.2, -0.15) is 20.0 Å². The van der Waals surface area contributed by atoms with Gasteiger partial charge in [-0.15, -0.1) is 5.10 Å². The molecule has 2 fully saturated rings. The Morgan fingerprint density at radius 3 is 2.42 bits per heavy atom. The third-order valence-corrected chi connectivity index (χ3v) is 8.59. The highest BCUT2D eigenvalue weighted by Gasteiger charge is 2.33. The molecule has 3 heterocycles. The Kier molecular flexibility index (Phi) is 9.16. The van der Waals surface area contributed by atoms with Crippen LogP contribution in [0.15, 0.2) is 42.6 Å². The summed E-state index contributed by atoms with van der Waals surface area (Å²) in [5, 5.41) is 31.4. The molecule has 1 aliphatic carbocycles. The van der Waals surface area contributed by atoms with Crippen LogP contribution in [0.2, 0.25) is 5.02 Å². The second-order valence-corrected chi connectivity index (χ2v) is 13.3. The van der Waals surface area contributed by atoms with Gasteiger partial charge < -0.3 is 29.9 Å². The van der Waals surface area contributed by atoms with Gasteiger partial charge in [-0.3, -0.25) is 0 Å². The van der Waals surface area contributed by atoms with Crippen molar-refractivity contribution in [3.63, 3.8) is 0 Å². The number of carbonyl (C=O) groups is 1. The van der Waals surface area contributed by atoms with Crippen LogP contribution in [0, 0.1) is 22.7 Å². The minimum absolute atomic E-state index is 0.0244. The predicted octanol–water partition coefficient (Wildman–Crippen LogP) is 6.25. The second kappa shape index (κ2) is 13.5. The van der Waals surface area contributed by atoms with E-state index in [1.807, 2.05) is 45.0 Å². The first-order valence-electron chi connectivity index (χ1n) is 15.9. The molecular weight excluding hydrogens is 632 g/mol. The summed E-state index contributed by atoms with van der Waals surface area (Å²) in [6, 6.07) is 15.9. The van der Waals surface area contributed by atoms with Crippen molar-refractivity contribution in [2.75, 3.05) is 35.7 Å². The largest absolute Gasteiger partial charge is 0.497 e. The molecule has 2 aromatic heterocycles. The minimum atomic E-state index is -0.559. The zero-order valence-electron chi connectivity index (χ0n) is 27.3. The van der Waals surface area contributed by atoms with Crippen molar-refractivity contribution in [1.29, 1.82) is 10.5 Å². The van der Waals surface area contributed by atoms with E-state index in [0.717, 1.165) is 24.2 Å². The van der Waals surface area contributed by atoms with Gasteiger partial charge in [0.05, 0.1) is 41.3 Å². The normalized spacial score (nSPS) is 15.0. The molecule has 1 saturated carbocycles. The molecule has 2 aromatic carbocycles. The highest BCUT2D eigenvalue weighted by Crippen LogP contribution is 2.37. The van der Waals surface area contributed by atoms with Gasteiger partial charge >= 0.3 is 6.09 Å². The number of aromatic nitrogens is 4. The fraction of sp³-hybridized carbons (Fsp3) is 0.412. The summed E-state index contributed by atoms with van der Waals surface area (Å²) in [4.78, 5) is 25.8. The predicted molar refractivity (Wildman–Crippen MR) is 182 cm³/mol. The van der Waals surface area contributed by atoms with E-state index >= 15 is 0 Å². The SMILES string of the molecule is COc1ccc(CN(c2nc(Nc3cc(C#N)cc(NC4CCN(C(=O)OC(C)(C)C)CC4)c3Cl)nn3c(C#N)cnc23)C2CC2)cc1. The number of halogens is 1. The third-order valence-electron chi connectivity index (χ3n) is 8.19. The van der Waals surface area contributed by atoms with E-state index in [2.05, 4.69) is 37.8 Å². The standard InChI is InChI=1S/C34H37ClN10O3/c1-34(2,3)48-33(46)43-13-11-23(12-14-43)39-27-15-22(17-36)16-28(29(27)35)40-32-41-31(30-38-19-25(18-37)45(30)42-32)44(24-7-8-24)20-21-5-9-26(47-4)10-6-21/h5-6,9-10,15-16,19,23-24,39H,7-8,11-14,20H2,1-4H3,(H,40,42). The zero-order chi connectivity index (χ0) is 34.0. The quantitative estimate of drug-likeness (QED) is 0.208. The Morgan fingerprint density at radius 2 is 1.79 bits per heavy atom. The summed E-state index contributed by atoms with van der Waals surface area (Å²) >= 11 is 6.94. The molecule has 2 aliphatic rings. The number of anilines is 4. The highest BCUT2D eigenvalue weighted by atomic mass is 35.5. The first-order valence-corrected chi connectivity index (χ1v) is 16.2. The van der Waals surface area contributed by atoms with Crippen LogP contribution in [0.5, 0.6) is 5.75 Å². The number of hydrogen-bond acceptors (Lipinski definition) is 11. The minimum Gasteiger partial charge on any atom is -0.497 e. The first kappa shape index (κ1) is 32.7. The average Bonchev–Trinajstić information content (AvgIpc) is 3.83. The summed E-state index contributed by atoms with van der Waals surface area (Å²) in [5.41, 5.74) is 2.63. The van der Waals surface area contributed by atoms with Crippen molar-refractivity contribution in [2.24, 2.45) is 0 Å². The van der Waals surface area contributed by atoms with Gasteiger partial charge in [-0.1, -0.05) is 23.7 Å². The lowest BCUT2D eigenvalue weighted by atomic mass is 10.0. The fourth-order valence-corrected chi connectivity index (χ4v) is 5.85.